The van der Waals surface area contributed by atoms with Gasteiger partial charge >= 0.3 is 5.97 Å². The van der Waals surface area contributed by atoms with Crippen LogP contribution >= 0.6 is 0 Å². The second-order valence-corrected chi connectivity index (χ2v) is 3.88. The van der Waals surface area contributed by atoms with Gasteiger partial charge in [-0.3, -0.25) is 0 Å². The minimum Gasteiger partial charge on any atom is -0.465 e. The average molecular weight is 249 g/mol. The summed E-state index contributed by atoms with van der Waals surface area (Å²) in [6.45, 7) is 5.94. The van der Waals surface area contributed by atoms with Gasteiger partial charge in [0.2, 0.25) is 0 Å². The molecular weight excluding hydrogens is 234 g/mol. The molecule has 0 N–H and O–H groups in total. The third kappa shape index (κ3) is 3.68. The summed E-state index contributed by atoms with van der Waals surface area (Å²) in [5.41, 5.74) is 9.29. The number of ether oxygens (including phenoxy) is 1. The summed E-state index contributed by atoms with van der Waals surface area (Å²) >= 11 is 0. The standard InChI is InChI=1S/C12H15N3O3/c1-4-17-12(16)11(14-15-13)6-10-5-9(7-18-10)8(2)3/h5-8H,4H2,1-3H3/b11-6-. The first kappa shape index (κ1) is 13.9. The molecule has 0 aromatic carbocycles. The molecule has 1 rings (SSSR count). The molecule has 0 fully saturated rings. The molecule has 0 amide bonds. The summed E-state index contributed by atoms with van der Waals surface area (Å²) in [4.78, 5) is 14.1. The van der Waals surface area contributed by atoms with Gasteiger partial charge in [0.25, 0.3) is 0 Å². The number of nitrogens with zero attached hydrogens (tertiary/aromatic N) is 3. The molecule has 0 saturated heterocycles. The summed E-state index contributed by atoms with van der Waals surface area (Å²) in [5, 5.41) is 3.30. The van der Waals surface area contributed by atoms with E-state index in [1.54, 1.807) is 19.3 Å². The van der Waals surface area contributed by atoms with Crippen LogP contribution in [0.1, 0.15) is 38.0 Å². The molecule has 0 aliphatic heterocycles. The number of esters is 1. The van der Waals surface area contributed by atoms with Crippen LogP contribution in [0, 0.1) is 0 Å². The van der Waals surface area contributed by atoms with Crippen molar-refractivity contribution < 1.29 is 13.9 Å². The SMILES string of the molecule is CCOC(=O)/C(=C/c1cc(C(C)C)co1)N=[N+]=[N-]. The molecule has 0 aliphatic carbocycles. The Bertz CT molecular complexity index is 496. The number of carbonyl (C=O) groups excluding carboxylic acids is 1. The Balaban J connectivity index is 3.00. The maximum absolute atomic E-state index is 11.5. The minimum atomic E-state index is -0.669. The number of carbonyl (C=O) groups is 1. The van der Waals surface area contributed by atoms with Gasteiger partial charge in [0.15, 0.2) is 0 Å². The maximum atomic E-state index is 11.5. The van der Waals surface area contributed by atoms with Crippen LogP contribution in [0.4, 0.5) is 0 Å². The van der Waals surface area contributed by atoms with E-state index < -0.39 is 5.97 Å². The van der Waals surface area contributed by atoms with Crippen molar-refractivity contribution in [3.63, 3.8) is 0 Å². The lowest BCUT2D eigenvalue weighted by molar-refractivity contribution is -0.138. The molecular formula is C12H15N3O3. The first-order valence-corrected chi connectivity index (χ1v) is 5.60. The topological polar surface area (TPSA) is 88.2 Å². The van der Waals surface area contributed by atoms with Gasteiger partial charge in [-0.05, 0) is 36.1 Å². The van der Waals surface area contributed by atoms with E-state index in [4.69, 9.17) is 14.7 Å². The van der Waals surface area contributed by atoms with Gasteiger partial charge in [-0.2, -0.15) is 0 Å². The van der Waals surface area contributed by atoms with Crippen molar-refractivity contribution in [1.29, 1.82) is 0 Å². The van der Waals surface area contributed by atoms with Crippen LogP contribution in [0.25, 0.3) is 16.5 Å². The molecule has 0 bridgehead atoms. The zero-order chi connectivity index (χ0) is 13.5. The van der Waals surface area contributed by atoms with Gasteiger partial charge in [-0.15, -0.1) is 0 Å². The summed E-state index contributed by atoms with van der Waals surface area (Å²) in [6.07, 6.45) is 2.97. The normalized spacial score (nSPS) is 11.2. The molecule has 0 spiro atoms. The largest absolute Gasteiger partial charge is 0.465 e. The molecule has 1 aromatic heterocycles. The predicted octanol–water partition coefficient (Wildman–Crippen LogP) is 3.62. The predicted molar refractivity (Wildman–Crippen MR) is 66.6 cm³/mol. The van der Waals surface area contributed by atoms with E-state index in [0.717, 1.165) is 5.56 Å². The number of hydrogen-bond acceptors (Lipinski definition) is 4. The molecule has 0 atom stereocenters. The Kier molecular flexibility index (Phi) is 5.02. The second-order valence-electron chi connectivity index (χ2n) is 3.88. The lowest BCUT2D eigenvalue weighted by atomic mass is 10.1. The quantitative estimate of drug-likeness (QED) is 0.262. The average Bonchev–Trinajstić information content (AvgIpc) is 2.77. The second kappa shape index (κ2) is 6.51. The van der Waals surface area contributed by atoms with E-state index in [9.17, 15) is 4.79 Å². The molecule has 96 valence electrons. The molecule has 0 aliphatic rings. The Labute approximate surface area is 105 Å². The first-order valence-electron chi connectivity index (χ1n) is 5.60. The van der Waals surface area contributed by atoms with Crippen LogP contribution in [0.5, 0.6) is 0 Å². The van der Waals surface area contributed by atoms with Crippen molar-refractivity contribution in [2.75, 3.05) is 6.61 Å². The van der Waals surface area contributed by atoms with Gasteiger partial charge in [0.05, 0.1) is 12.9 Å². The summed E-state index contributed by atoms with van der Waals surface area (Å²) in [6, 6.07) is 1.79. The smallest absolute Gasteiger partial charge is 0.340 e. The fourth-order valence-electron chi connectivity index (χ4n) is 1.26. The molecule has 0 saturated carbocycles. The van der Waals surface area contributed by atoms with Crippen molar-refractivity contribution in [2.45, 2.75) is 26.7 Å². The minimum absolute atomic E-state index is 0.121. The molecule has 6 nitrogen and oxygen atoms in total. The van der Waals surface area contributed by atoms with E-state index in [-0.39, 0.29) is 12.3 Å². The maximum Gasteiger partial charge on any atom is 0.340 e. The lowest BCUT2D eigenvalue weighted by Crippen LogP contribution is -2.05. The monoisotopic (exact) mass is 249 g/mol. The van der Waals surface area contributed by atoms with Crippen molar-refractivity contribution >= 4 is 12.0 Å². The van der Waals surface area contributed by atoms with E-state index in [2.05, 4.69) is 10.0 Å². The van der Waals surface area contributed by atoms with Crippen molar-refractivity contribution in [1.82, 2.24) is 0 Å². The zero-order valence-corrected chi connectivity index (χ0v) is 10.6. The van der Waals surface area contributed by atoms with Crippen LogP contribution < -0.4 is 0 Å². The summed E-state index contributed by atoms with van der Waals surface area (Å²) in [5.74, 6) is 0.105. The van der Waals surface area contributed by atoms with Crippen LogP contribution in [-0.2, 0) is 9.53 Å². The van der Waals surface area contributed by atoms with Crippen LogP contribution in [0.15, 0.2) is 27.6 Å². The third-order valence-corrected chi connectivity index (χ3v) is 2.22. The highest BCUT2D eigenvalue weighted by Crippen LogP contribution is 2.20. The highest BCUT2D eigenvalue weighted by atomic mass is 16.5. The first-order chi connectivity index (χ1) is 8.58. The van der Waals surface area contributed by atoms with Gasteiger partial charge in [-0.25, -0.2) is 4.79 Å². The number of hydrogen-bond donors (Lipinski definition) is 0. The van der Waals surface area contributed by atoms with Crippen LogP contribution in [0.3, 0.4) is 0 Å². The van der Waals surface area contributed by atoms with Gasteiger partial charge in [0.1, 0.15) is 11.5 Å². The van der Waals surface area contributed by atoms with Crippen LogP contribution in [0.2, 0.25) is 0 Å². The van der Waals surface area contributed by atoms with Crippen LogP contribution in [-0.4, -0.2) is 12.6 Å². The van der Waals surface area contributed by atoms with Crippen molar-refractivity contribution in [3.05, 3.63) is 39.8 Å². The molecule has 18 heavy (non-hydrogen) atoms. The Morgan fingerprint density at radius 2 is 2.39 bits per heavy atom. The third-order valence-electron chi connectivity index (χ3n) is 2.22. The fourth-order valence-corrected chi connectivity index (χ4v) is 1.26. The zero-order valence-electron chi connectivity index (χ0n) is 10.6. The highest BCUT2D eigenvalue weighted by Gasteiger charge is 2.11. The molecule has 1 heterocycles. The van der Waals surface area contributed by atoms with Gasteiger partial charge in [0, 0.05) is 4.91 Å². The Hall–Kier alpha value is -2.20. The van der Waals surface area contributed by atoms with E-state index in [1.165, 1.54) is 6.08 Å². The molecule has 0 unspecified atom stereocenters. The molecule has 1 aromatic rings. The lowest BCUT2D eigenvalue weighted by Gasteiger charge is -1.99. The molecule has 6 heteroatoms. The summed E-state index contributed by atoms with van der Waals surface area (Å²) < 4.78 is 10.0. The number of azide groups is 1. The fraction of sp³-hybridized carbons (Fsp3) is 0.417. The van der Waals surface area contributed by atoms with Crippen molar-refractivity contribution in [3.8, 4) is 0 Å². The molecule has 0 radical (unpaired) electrons. The Morgan fingerprint density at radius 3 is 2.89 bits per heavy atom. The van der Waals surface area contributed by atoms with E-state index in [0.29, 0.717) is 11.7 Å². The van der Waals surface area contributed by atoms with Gasteiger partial charge < -0.3 is 9.15 Å². The summed E-state index contributed by atoms with van der Waals surface area (Å²) in [7, 11) is 0. The van der Waals surface area contributed by atoms with Crippen molar-refractivity contribution in [2.24, 2.45) is 5.11 Å². The highest BCUT2D eigenvalue weighted by molar-refractivity contribution is 5.92. The van der Waals surface area contributed by atoms with E-state index in [1.807, 2.05) is 13.8 Å². The number of rotatable bonds is 5. The van der Waals surface area contributed by atoms with Gasteiger partial charge in [-0.1, -0.05) is 19.0 Å². The number of furan rings is 1. The van der Waals surface area contributed by atoms with E-state index >= 15 is 0 Å². The Morgan fingerprint density at radius 1 is 1.67 bits per heavy atom.